The second-order valence-corrected chi connectivity index (χ2v) is 5.97. The summed E-state index contributed by atoms with van der Waals surface area (Å²) < 4.78 is 19.2. The van der Waals surface area contributed by atoms with Crippen LogP contribution in [0.15, 0.2) is 16.6 Å². The normalized spacial score (nSPS) is 11.4. The number of nitrogens with one attached hydrogen (secondary N) is 1. The van der Waals surface area contributed by atoms with Crippen molar-refractivity contribution in [3.05, 3.63) is 28.0 Å². The first kappa shape index (κ1) is 15.9. The van der Waals surface area contributed by atoms with Crippen LogP contribution in [0.1, 0.15) is 26.3 Å². The van der Waals surface area contributed by atoms with Crippen molar-refractivity contribution in [1.29, 1.82) is 0 Å². The molecule has 0 saturated carbocycles. The lowest BCUT2D eigenvalue weighted by molar-refractivity contribution is -0.153. The van der Waals surface area contributed by atoms with Crippen LogP contribution in [0.4, 0.5) is 10.1 Å². The van der Waals surface area contributed by atoms with Gasteiger partial charge < -0.3 is 15.8 Å². The summed E-state index contributed by atoms with van der Waals surface area (Å²) in [5.74, 6) is -0.807. The molecule has 0 fully saturated rings. The molecule has 0 saturated heterocycles. The number of esters is 1. The molecular weight excluding hydrogens is 315 g/mol. The van der Waals surface area contributed by atoms with Crippen LogP contribution in [0.25, 0.3) is 0 Å². The Morgan fingerprint density at radius 3 is 2.68 bits per heavy atom. The van der Waals surface area contributed by atoms with Gasteiger partial charge in [0.15, 0.2) is 0 Å². The number of nitrogens with two attached hydrogens (primary N) is 1. The fourth-order valence-corrected chi connectivity index (χ4v) is 1.83. The van der Waals surface area contributed by atoms with Gasteiger partial charge in [0.2, 0.25) is 0 Å². The van der Waals surface area contributed by atoms with Crippen molar-refractivity contribution in [2.45, 2.75) is 32.9 Å². The van der Waals surface area contributed by atoms with E-state index < -0.39 is 11.4 Å². The molecule has 0 aliphatic carbocycles. The molecular formula is C13H18BrFN2O2. The summed E-state index contributed by atoms with van der Waals surface area (Å²) in [5, 5.41) is 2.82. The van der Waals surface area contributed by atoms with E-state index in [9.17, 15) is 9.18 Å². The third-order valence-corrected chi connectivity index (χ3v) is 2.84. The first-order chi connectivity index (χ1) is 8.70. The Labute approximate surface area is 120 Å². The predicted octanol–water partition coefficient (Wildman–Crippen LogP) is 2.60. The van der Waals surface area contributed by atoms with Gasteiger partial charge in [-0.25, -0.2) is 4.39 Å². The fourth-order valence-electron chi connectivity index (χ4n) is 1.45. The van der Waals surface area contributed by atoms with Crippen molar-refractivity contribution in [1.82, 2.24) is 5.32 Å². The minimum absolute atomic E-state index is 0.00264. The topological polar surface area (TPSA) is 64.3 Å². The maximum Gasteiger partial charge on any atom is 0.320 e. The number of carbonyl (C=O) groups is 1. The summed E-state index contributed by atoms with van der Waals surface area (Å²) >= 11 is 3.09. The van der Waals surface area contributed by atoms with Crippen molar-refractivity contribution in [2.24, 2.45) is 0 Å². The van der Waals surface area contributed by atoms with Gasteiger partial charge in [-0.3, -0.25) is 4.79 Å². The Kier molecular flexibility index (Phi) is 5.31. The highest BCUT2D eigenvalue weighted by atomic mass is 79.9. The van der Waals surface area contributed by atoms with Gasteiger partial charge in [-0.1, -0.05) is 0 Å². The molecule has 1 aromatic carbocycles. The van der Waals surface area contributed by atoms with Crippen LogP contribution < -0.4 is 11.1 Å². The summed E-state index contributed by atoms with van der Waals surface area (Å²) in [5.41, 5.74) is 5.84. The highest BCUT2D eigenvalue weighted by Gasteiger charge is 2.16. The number of benzene rings is 1. The molecule has 0 aliphatic heterocycles. The van der Waals surface area contributed by atoms with Gasteiger partial charge in [-0.05, 0) is 48.8 Å². The Bertz CT molecular complexity index is 472. The van der Waals surface area contributed by atoms with Gasteiger partial charge in [-0.2, -0.15) is 0 Å². The monoisotopic (exact) mass is 332 g/mol. The summed E-state index contributed by atoms with van der Waals surface area (Å²) in [6, 6.07) is 3.15. The third kappa shape index (κ3) is 5.16. The number of rotatable bonds is 4. The lowest BCUT2D eigenvalue weighted by atomic mass is 10.1. The largest absolute Gasteiger partial charge is 0.459 e. The van der Waals surface area contributed by atoms with Crippen LogP contribution in [-0.2, 0) is 16.1 Å². The number of hydrogen-bond acceptors (Lipinski definition) is 4. The molecule has 106 valence electrons. The zero-order chi connectivity index (χ0) is 14.6. The minimum atomic E-state index is -0.529. The van der Waals surface area contributed by atoms with E-state index in [4.69, 9.17) is 10.5 Å². The second kappa shape index (κ2) is 6.34. The van der Waals surface area contributed by atoms with E-state index in [1.54, 1.807) is 32.9 Å². The first-order valence-corrected chi connectivity index (χ1v) is 6.65. The van der Waals surface area contributed by atoms with Gasteiger partial charge in [0, 0.05) is 17.8 Å². The van der Waals surface area contributed by atoms with E-state index in [1.165, 1.54) is 0 Å². The van der Waals surface area contributed by atoms with Gasteiger partial charge >= 0.3 is 5.97 Å². The third-order valence-electron chi connectivity index (χ3n) is 2.22. The molecule has 0 amide bonds. The molecule has 0 aliphatic rings. The zero-order valence-corrected chi connectivity index (χ0v) is 12.8. The van der Waals surface area contributed by atoms with Gasteiger partial charge in [0.05, 0.1) is 11.0 Å². The highest BCUT2D eigenvalue weighted by molar-refractivity contribution is 9.10. The summed E-state index contributed by atoms with van der Waals surface area (Å²) in [6.45, 7) is 5.53. The van der Waals surface area contributed by atoms with Crippen molar-refractivity contribution >= 4 is 27.6 Å². The van der Waals surface area contributed by atoms with E-state index in [1.807, 2.05) is 0 Å². The second-order valence-electron chi connectivity index (χ2n) is 5.12. The molecule has 6 heteroatoms. The zero-order valence-electron chi connectivity index (χ0n) is 11.2. The molecule has 19 heavy (non-hydrogen) atoms. The SMILES string of the molecule is CC(C)(C)OC(=O)CNCc1c(N)ccc(Br)c1F. The van der Waals surface area contributed by atoms with Gasteiger partial charge in [-0.15, -0.1) is 0 Å². The Morgan fingerprint density at radius 2 is 2.11 bits per heavy atom. The van der Waals surface area contributed by atoms with Gasteiger partial charge in [0.25, 0.3) is 0 Å². The lowest BCUT2D eigenvalue weighted by Crippen LogP contribution is -2.31. The van der Waals surface area contributed by atoms with Crippen LogP contribution in [0.5, 0.6) is 0 Å². The van der Waals surface area contributed by atoms with E-state index in [0.29, 0.717) is 15.7 Å². The van der Waals surface area contributed by atoms with Crippen LogP contribution in [0.3, 0.4) is 0 Å². The molecule has 0 atom stereocenters. The van der Waals surface area contributed by atoms with Gasteiger partial charge in [0.1, 0.15) is 11.4 Å². The molecule has 0 heterocycles. The number of carbonyl (C=O) groups excluding carboxylic acids is 1. The Balaban J connectivity index is 2.55. The maximum atomic E-state index is 13.8. The fraction of sp³-hybridized carbons (Fsp3) is 0.462. The summed E-state index contributed by atoms with van der Waals surface area (Å²) in [6.07, 6.45) is 0. The lowest BCUT2D eigenvalue weighted by Gasteiger charge is -2.19. The molecule has 0 aromatic heterocycles. The predicted molar refractivity (Wildman–Crippen MR) is 76.1 cm³/mol. The Morgan fingerprint density at radius 1 is 1.47 bits per heavy atom. The van der Waals surface area contributed by atoms with E-state index in [2.05, 4.69) is 21.2 Å². The number of halogens is 2. The molecule has 0 bridgehead atoms. The Hall–Kier alpha value is -1.14. The number of hydrogen-bond donors (Lipinski definition) is 2. The maximum absolute atomic E-state index is 13.8. The van der Waals surface area contributed by atoms with Crippen LogP contribution in [-0.4, -0.2) is 18.1 Å². The van der Waals surface area contributed by atoms with Crippen molar-refractivity contribution < 1.29 is 13.9 Å². The average Bonchev–Trinajstić information content (AvgIpc) is 2.26. The first-order valence-electron chi connectivity index (χ1n) is 5.85. The smallest absolute Gasteiger partial charge is 0.320 e. The average molecular weight is 333 g/mol. The minimum Gasteiger partial charge on any atom is -0.459 e. The van der Waals surface area contributed by atoms with E-state index in [0.717, 1.165) is 0 Å². The highest BCUT2D eigenvalue weighted by Crippen LogP contribution is 2.23. The quantitative estimate of drug-likeness (QED) is 0.657. The van der Waals surface area contributed by atoms with Crippen LogP contribution in [0, 0.1) is 5.82 Å². The molecule has 0 radical (unpaired) electrons. The molecule has 1 aromatic rings. The van der Waals surface area contributed by atoms with Crippen molar-refractivity contribution in [3.8, 4) is 0 Å². The summed E-state index contributed by atoms with van der Waals surface area (Å²) in [7, 11) is 0. The van der Waals surface area contributed by atoms with Crippen LogP contribution >= 0.6 is 15.9 Å². The summed E-state index contributed by atoms with van der Waals surface area (Å²) in [4.78, 5) is 11.5. The molecule has 0 unspecified atom stereocenters. The molecule has 0 spiro atoms. The van der Waals surface area contributed by atoms with E-state index in [-0.39, 0.29) is 19.1 Å². The van der Waals surface area contributed by atoms with Crippen molar-refractivity contribution in [3.63, 3.8) is 0 Å². The molecule has 1 rings (SSSR count). The van der Waals surface area contributed by atoms with Crippen molar-refractivity contribution in [2.75, 3.05) is 12.3 Å². The number of anilines is 1. The molecule has 3 N–H and O–H groups in total. The standard InChI is InChI=1S/C13H18BrFN2O2/c1-13(2,3)19-11(18)7-17-6-8-10(16)5-4-9(14)12(8)15/h4-5,17H,6-7,16H2,1-3H3. The van der Waals surface area contributed by atoms with Crippen LogP contribution in [0.2, 0.25) is 0 Å². The number of ether oxygens (including phenoxy) is 1. The molecule has 4 nitrogen and oxygen atoms in total. The number of nitrogen functional groups attached to an aromatic ring is 1. The van der Waals surface area contributed by atoms with E-state index >= 15 is 0 Å².